The fourth-order valence-corrected chi connectivity index (χ4v) is 3.60. The molecule has 0 unspecified atom stereocenters. The molecule has 3 heterocycles. The van der Waals surface area contributed by atoms with Gasteiger partial charge in [0.25, 0.3) is 0 Å². The van der Waals surface area contributed by atoms with Crippen LogP contribution in [0.3, 0.4) is 0 Å². The fraction of sp³-hybridized carbons (Fsp3) is 0.100. The van der Waals surface area contributed by atoms with Crippen LogP contribution in [0.15, 0.2) is 66.3 Å². The molecule has 4 aromatic rings. The SMILES string of the molecule is NC[C@@H](NC(=O)Oc1sccc1Nc1ccnc2[nH]ccc12)c1ccccc1. The predicted molar refractivity (Wildman–Crippen MR) is 111 cm³/mol. The summed E-state index contributed by atoms with van der Waals surface area (Å²) in [7, 11) is 0. The molecular weight excluding hydrogens is 374 g/mol. The van der Waals surface area contributed by atoms with E-state index in [0.717, 1.165) is 22.3 Å². The van der Waals surface area contributed by atoms with Crippen molar-refractivity contribution >= 4 is 39.8 Å². The molecule has 0 bridgehead atoms. The first-order valence-corrected chi connectivity index (χ1v) is 9.62. The molecule has 0 saturated heterocycles. The molecule has 0 radical (unpaired) electrons. The van der Waals surface area contributed by atoms with Crippen LogP contribution in [-0.4, -0.2) is 22.6 Å². The molecule has 3 aromatic heterocycles. The molecule has 0 spiro atoms. The first-order valence-electron chi connectivity index (χ1n) is 8.74. The Morgan fingerprint density at radius 1 is 1.18 bits per heavy atom. The molecule has 142 valence electrons. The lowest BCUT2D eigenvalue weighted by atomic mass is 10.1. The van der Waals surface area contributed by atoms with Gasteiger partial charge in [-0.25, -0.2) is 9.78 Å². The Bertz CT molecular complexity index is 1080. The summed E-state index contributed by atoms with van der Waals surface area (Å²) in [6, 6.07) is 14.9. The fourth-order valence-electron chi connectivity index (χ4n) is 2.90. The number of pyridine rings is 1. The van der Waals surface area contributed by atoms with E-state index < -0.39 is 6.09 Å². The van der Waals surface area contributed by atoms with Gasteiger partial charge in [0, 0.05) is 24.3 Å². The summed E-state index contributed by atoms with van der Waals surface area (Å²) in [6.07, 6.45) is 3.00. The molecule has 0 fully saturated rings. The number of carbonyl (C=O) groups is 1. The number of nitrogens with two attached hydrogens (primary N) is 1. The number of rotatable bonds is 6. The number of ether oxygens (including phenoxy) is 1. The third-order valence-corrected chi connectivity index (χ3v) is 5.06. The Morgan fingerprint density at radius 3 is 2.86 bits per heavy atom. The van der Waals surface area contributed by atoms with Crippen LogP contribution < -0.4 is 21.1 Å². The van der Waals surface area contributed by atoms with Crippen molar-refractivity contribution in [3.05, 3.63) is 71.9 Å². The summed E-state index contributed by atoms with van der Waals surface area (Å²) in [5.41, 5.74) is 9.11. The number of hydrogen-bond acceptors (Lipinski definition) is 6. The van der Waals surface area contributed by atoms with Gasteiger partial charge in [-0.1, -0.05) is 30.3 Å². The number of thiophene rings is 1. The molecule has 7 nitrogen and oxygen atoms in total. The van der Waals surface area contributed by atoms with Crippen molar-refractivity contribution in [2.75, 3.05) is 11.9 Å². The normalized spacial score (nSPS) is 11.9. The van der Waals surface area contributed by atoms with Gasteiger partial charge >= 0.3 is 6.09 Å². The second-order valence-corrected chi connectivity index (χ2v) is 6.96. The number of H-pyrrole nitrogens is 1. The lowest BCUT2D eigenvalue weighted by Gasteiger charge is -2.17. The van der Waals surface area contributed by atoms with Crippen LogP contribution >= 0.6 is 11.3 Å². The van der Waals surface area contributed by atoms with E-state index in [-0.39, 0.29) is 12.6 Å². The minimum atomic E-state index is -0.550. The molecule has 0 aliphatic carbocycles. The Morgan fingerprint density at radius 2 is 2.04 bits per heavy atom. The first kappa shape index (κ1) is 18.0. The summed E-state index contributed by atoms with van der Waals surface area (Å²) < 4.78 is 5.53. The second kappa shape index (κ2) is 8.12. The minimum Gasteiger partial charge on any atom is -0.397 e. The average Bonchev–Trinajstić information content (AvgIpc) is 3.37. The van der Waals surface area contributed by atoms with Crippen LogP contribution in [0.25, 0.3) is 11.0 Å². The minimum absolute atomic E-state index is 0.275. The highest BCUT2D eigenvalue weighted by molar-refractivity contribution is 7.12. The number of aromatic amines is 1. The van der Waals surface area contributed by atoms with Gasteiger partial charge in [0.2, 0.25) is 5.06 Å². The number of hydrogen-bond donors (Lipinski definition) is 4. The zero-order valence-electron chi connectivity index (χ0n) is 14.9. The number of nitrogens with one attached hydrogen (secondary N) is 3. The van der Waals surface area contributed by atoms with E-state index in [0.29, 0.717) is 10.8 Å². The highest BCUT2D eigenvalue weighted by Gasteiger charge is 2.17. The maximum Gasteiger partial charge on any atom is 0.414 e. The van der Waals surface area contributed by atoms with Crippen molar-refractivity contribution in [1.82, 2.24) is 15.3 Å². The van der Waals surface area contributed by atoms with Crippen molar-refractivity contribution in [3.8, 4) is 5.06 Å². The second-order valence-electron chi connectivity index (χ2n) is 6.08. The standard InChI is InChI=1S/C20H19N5O2S/c21-12-17(13-4-2-1-3-5-13)25-20(26)27-19-16(8-11-28-19)24-15-7-10-23-18-14(15)6-9-22-18/h1-11,17H,12,21H2,(H,25,26)(H2,22,23,24)/t17-/m1/s1. The van der Waals surface area contributed by atoms with Crippen molar-refractivity contribution in [3.63, 3.8) is 0 Å². The van der Waals surface area contributed by atoms with E-state index in [9.17, 15) is 4.79 Å². The van der Waals surface area contributed by atoms with Crippen LogP contribution in [-0.2, 0) is 0 Å². The molecule has 28 heavy (non-hydrogen) atoms. The molecule has 1 amide bonds. The molecular formula is C20H19N5O2S. The highest BCUT2D eigenvalue weighted by Crippen LogP contribution is 2.35. The van der Waals surface area contributed by atoms with Gasteiger partial charge in [-0.15, -0.1) is 11.3 Å². The van der Waals surface area contributed by atoms with Crippen molar-refractivity contribution < 1.29 is 9.53 Å². The van der Waals surface area contributed by atoms with Gasteiger partial charge < -0.3 is 26.1 Å². The lowest BCUT2D eigenvalue weighted by molar-refractivity contribution is 0.198. The predicted octanol–water partition coefficient (Wildman–Crippen LogP) is 4.16. The first-order chi connectivity index (χ1) is 13.7. The van der Waals surface area contributed by atoms with Crippen molar-refractivity contribution in [2.24, 2.45) is 5.73 Å². The highest BCUT2D eigenvalue weighted by atomic mass is 32.1. The number of aromatic nitrogens is 2. The van der Waals surface area contributed by atoms with E-state index in [1.54, 1.807) is 6.20 Å². The van der Waals surface area contributed by atoms with Crippen LogP contribution in [0, 0.1) is 0 Å². The number of anilines is 2. The summed E-state index contributed by atoms with van der Waals surface area (Å²) in [6.45, 7) is 0.275. The summed E-state index contributed by atoms with van der Waals surface area (Å²) in [5.74, 6) is 0. The lowest BCUT2D eigenvalue weighted by Crippen LogP contribution is -2.35. The van der Waals surface area contributed by atoms with Crippen molar-refractivity contribution in [1.29, 1.82) is 0 Å². The third kappa shape index (κ3) is 3.83. The molecule has 0 aliphatic heterocycles. The van der Waals surface area contributed by atoms with Crippen LogP contribution in [0.5, 0.6) is 5.06 Å². The maximum atomic E-state index is 12.4. The van der Waals surface area contributed by atoms with E-state index in [4.69, 9.17) is 10.5 Å². The van der Waals surface area contributed by atoms with E-state index in [1.165, 1.54) is 11.3 Å². The van der Waals surface area contributed by atoms with Crippen LogP contribution in [0.1, 0.15) is 11.6 Å². The molecule has 5 N–H and O–H groups in total. The summed E-state index contributed by atoms with van der Waals surface area (Å²) >= 11 is 1.33. The zero-order chi connectivity index (χ0) is 19.3. The van der Waals surface area contributed by atoms with Gasteiger partial charge in [0.15, 0.2) is 0 Å². The maximum absolute atomic E-state index is 12.4. The topological polar surface area (TPSA) is 105 Å². The number of benzene rings is 1. The monoisotopic (exact) mass is 393 g/mol. The Hall–Kier alpha value is -3.36. The van der Waals surface area contributed by atoms with Gasteiger partial charge in [-0.05, 0) is 29.1 Å². The van der Waals surface area contributed by atoms with E-state index >= 15 is 0 Å². The van der Waals surface area contributed by atoms with Gasteiger partial charge in [-0.3, -0.25) is 0 Å². The largest absolute Gasteiger partial charge is 0.414 e. The molecule has 1 atom stereocenters. The quantitative estimate of drug-likeness (QED) is 0.394. The smallest absolute Gasteiger partial charge is 0.397 e. The number of nitrogens with zero attached hydrogens (tertiary/aromatic N) is 1. The average molecular weight is 393 g/mol. The van der Waals surface area contributed by atoms with E-state index in [2.05, 4.69) is 20.6 Å². The summed E-state index contributed by atoms with van der Waals surface area (Å²) in [4.78, 5) is 19.8. The number of amides is 1. The molecule has 0 aliphatic rings. The third-order valence-electron chi connectivity index (χ3n) is 4.27. The number of carbonyl (C=O) groups excluding carboxylic acids is 1. The molecule has 4 rings (SSSR count). The Kier molecular flexibility index (Phi) is 5.22. The molecule has 0 saturated carbocycles. The Balaban J connectivity index is 1.47. The van der Waals surface area contributed by atoms with Crippen LogP contribution in [0.4, 0.5) is 16.2 Å². The zero-order valence-corrected chi connectivity index (χ0v) is 15.7. The van der Waals surface area contributed by atoms with Gasteiger partial charge in [-0.2, -0.15) is 0 Å². The number of fused-ring (bicyclic) bond motifs is 1. The van der Waals surface area contributed by atoms with Gasteiger partial charge in [0.1, 0.15) is 5.65 Å². The molecule has 1 aromatic carbocycles. The summed E-state index contributed by atoms with van der Waals surface area (Å²) in [5, 5.41) is 9.41. The van der Waals surface area contributed by atoms with E-state index in [1.807, 2.05) is 60.1 Å². The molecule has 8 heteroatoms. The Labute approximate surface area is 165 Å². The van der Waals surface area contributed by atoms with Crippen molar-refractivity contribution in [2.45, 2.75) is 6.04 Å². The van der Waals surface area contributed by atoms with Gasteiger partial charge in [0.05, 0.1) is 17.4 Å². The van der Waals surface area contributed by atoms with Crippen LogP contribution in [0.2, 0.25) is 0 Å².